The number of amides is 1. The number of alkyl halides is 4. The van der Waals surface area contributed by atoms with Crippen LogP contribution in [0.25, 0.3) is 11.3 Å². The van der Waals surface area contributed by atoms with E-state index in [2.05, 4.69) is 15.3 Å². The molecule has 14 heteroatoms. The van der Waals surface area contributed by atoms with Gasteiger partial charge in [-0.05, 0) is 25.1 Å². The number of halogens is 4. The topological polar surface area (TPSA) is 90.8 Å². The third-order valence-corrected chi connectivity index (χ3v) is 6.07. The fraction of sp³-hybridized carbons (Fsp3) is 0.421. The maximum absolute atomic E-state index is 14.3. The zero-order valence-electron chi connectivity index (χ0n) is 17.3. The summed E-state index contributed by atoms with van der Waals surface area (Å²) in [4.78, 5) is 21.9. The van der Waals surface area contributed by atoms with Crippen LogP contribution >= 0.6 is 18.5 Å². The zero-order valence-corrected chi connectivity index (χ0v) is 19.6. The highest BCUT2D eigenvalue weighted by Crippen LogP contribution is 2.48. The maximum Gasteiger partial charge on any atom is 0.413 e. The number of hydrogen-bond donors (Lipinski definition) is 2. The smallest absolute Gasteiger partial charge is 0.413 e. The van der Waals surface area contributed by atoms with Crippen LogP contribution in [0.3, 0.4) is 0 Å². The van der Waals surface area contributed by atoms with Crippen molar-refractivity contribution in [1.82, 2.24) is 15.0 Å². The molecule has 0 aromatic carbocycles. The van der Waals surface area contributed by atoms with Gasteiger partial charge in [0.2, 0.25) is 0 Å². The molecule has 4 heterocycles. The van der Waals surface area contributed by atoms with E-state index in [1.807, 2.05) is 0 Å². The summed E-state index contributed by atoms with van der Waals surface area (Å²) in [6.07, 6.45) is -1.86. The van der Waals surface area contributed by atoms with Crippen LogP contribution in [-0.4, -0.2) is 57.7 Å². The van der Waals surface area contributed by atoms with E-state index in [9.17, 15) is 27.6 Å². The third-order valence-electron chi connectivity index (χ3n) is 5.44. The van der Waals surface area contributed by atoms with Crippen molar-refractivity contribution in [1.29, 1.82) is 0 Å². The van der Waals surface area contributed by atoms with Gasteiger partial charge in [-0.15, -0.1) is 0 Å². The molecule has 33 heavy (non-hydrogen) atoms. The van der Waals surface area contributed by atoms with Gasteiger partial charge in [-0.25, -0.2) is 14.8 Å². The van der Waals surface area contributed by atoms with Gasteiger partial charge in [0, 0.05) is 43.0 Å². The second kappa shape index (κ2) is 8.58. The largest absolute Gasteiger partial charge is 0.434 e. The first-order valence-electron chi connectivity index (χ1n) is 9.88. The van der Waals surface area contributed by atoms with E-state index in [1.54, 1.807) is 11.8 Å². The summed E-state index contributed by atoms with van der Waals surface area (Å²) in [7, 11) is 2.78. The van der Waals surface area contributed by atoms with Gasteiger partial charge in [0.05, 0.1) is 11.3 Å². The van der Waals surface area contributed by atoms with Crippen LogP contribution in [0.2, 0.25) is 0 Å². The van der Waals surface area contributed by atoms with Crippen molar-refractivity contribution in [2.75, 3.05) is 29.9 Å². The van der Waals surface area contributed by atoms with Crippen molar-refractivity contribution < 1.29 is 32.3 Å². The fourth-order valence-corrected chi connectivity index (χ4v) is 4.19. The van der Waals surface area contributed by atoms with E-state index in [0.29, 0.717) is 13.1 Å². The molecule has 2 unspecified atom stereocenters. The molecular weight excluding hydrogens is 484 g/mol. The predicted molar refractivity (Wildman–Crippen MR) is 119 cm³/mol. The summed E-state index contributed by atoms with van der Waals surface area (Å²) in [5.74, 6) is 0.0369. The highest BCUT2D eigenvalue weighted by atomic mass is 31.0. The Kier molecular flexibility index (Phi) is 6.24. The first kappa shape index (κ1) is 24.0. The predicted octanol–water partition coefficient (Wildman–Crippen LogP) is 4.04. The lowest BCUT2D eigenvalue weighted by Crippen LogP contribution is -2.50. The molecule has 178 valence electrons. The molecule has 0 bridgehead atoms. The summed E-state index contributed by atoms with van der Waals surface area (Å²) in [6.45, 7) is 2.67. The van der Waals surface area contributed by atoms with E-state index < -0.39 is 29.1 Å². The summed E-state index contributed by atoms with van der Waals surface area (Å²) >= 11 is 0. The van der Waals surface area contributed by atoms with E-state index in [0.717, 1.165) is 11.1 Å². The van der Waals surface area contributed by atoms with Crippen molar-refractivity contribution >= 4 is 36.2 Å². The lowest BCUT2D eigenvalue weighted by Gasteiger charge is -2.37. The van der Waals surface area contributed by atoms with E-state index >= 15 is 0 Å². The standard InChI is InChI=1S/C19H21F4N5O3P2/c1-9-8-27(4-5-28(9)30)13-7-10(18(20,21)32)6-12(25-13)11-2-3-24-16-14(11)15(19(22,23)33)31-17(29)26-16/h2-3,6-7,9,15,30H,4-5,8,32-33H2,1H3,(H,24,26,29)/t9-,15+/m0/s1. The van der Waals surface area contributed by atoms with Crippen LogP contribution < -0.4 is 10.2 Å². The molecule has 2 aromatic rings. The minimum atomic E-state index is -3.55. The van der Waals surface area contributed by atoms with E-state index in [4.69, 9.17) is 4.74 Å². The number of pyridine rings is 2. The Morgan fingerprint density at radius 3 is 2.61 bits per heavy atom. The summed E-state index contributed by atoms with van der Waals surface area (Å²) in [5, 5.41) is 13.3. The van der Waals surface area contributed by atoms with Crippen molar-refractivity contribution in [2.24, 2.45) is 0 Å². The van der Waals surface area contributed by atoms with Gasteiger partial charge in [-0.2, -0.15) is 22.6 Å². The Morgan fingerprint density at radius 2 is 1.97 bits per heavy atom. The Labute approximate surface area is 191 Å². The maximum atomic E-state index is 14.3. The molecule has 4 atom stereocenters. The monoisotopic (exact) mass is 505 g/mol. The number of hydroxylamine groups is 2. The molecule has 8 nitrogen and oxygen atoms in total. The van der Waals surface area contributed by atoms with Crippen molar-refractivity contribution in [3.63, 3.8) is 0 Å². The van der Waals surface area contributed by atoms with Gasteiger partial charge in [0.1, 0.15) is 11.6 Å². The van der Waals surface area contributed by atoms with Crippen molar-refractivity contribution in [2.45, 2.75) is 30.4 Å². The van der Waals surface area contributed by atoms with Gasteiger partial charge in [-0.3, -0.25) is 5.32 Å². The first-order chi connectivity index (χ1) is 15.3. The average Bonchev–Trinajstić information content (AvgIpc) is 2.73. The lowest BCUT2D eigenvalue weighted by molar-refractivity contribution is -0.125. The Hall–Kier alpha value is -2.13. The molecule has 2 aliphatic heterocycles. The van der Waals surface area contributed by atoms with Crippen LogP contribution in [0.4, 0.5) is 34.0 Å². The average molecular weight is 505 g/mol. The number of ether oxygens (including phenoxy) is 1. The number of piperazine rings is 1. The molecular formula is C19H21F4N5O3P2. The summed E-state index contributed by atoms with van der Waals surface area (Å²) < 4.78 is 62.2. The number of fused-ring (bicyclic) bond motifs is 1. The number of cyclic esters (lactones) is 1. The Bertz CT molecular complexity index is 1080. The van der Waals surface area contributed by atoms with Gasteiger partial charge >= 0.3 is 6.09 Å². The zero-order chi connectivity index (χ0) is 24.1. The van der Waals surface area contributed by atoms with Crippen LogP contribution in [0.5, 0.6) is 0 Å². The van der Waals surface area contributed by atoms with Crippen LogP contribution in [-0.2, 0) is 10.4 Å². The Morgan fingerprint density at radius 1 is 1.24 bits per heavy atom. The second-order valence-corrected chi connectivity index (χ2v) is 9.38. The molecule has 0 aliphatic carbocycles. The number of nitrogens with one attached hydrogen (secondary N) is 1. The van der Waals surface area contributed by atoms with Crippen molar-refractivity contribution in [3.8, 4) is 11.3 Å². The Balaban J connectivity index is 1.88. The van der Waals surface area contributed by atoms with Crippen molar-refractivity contribution in [3.05, 3.63) is 35.5 Å². The highest BCUT2D eigenvalue weighted by molar-refractivity contribution is 7.18. The third kappa shape index (κ3) is 4.89. The number of anilines is 2. The molecule has 1 saturated heterocycles. The number of aromatic nitrogens is 2. The minimum Gasteiger partial charge on any atom is -0.434 e. The molecule has 2 aliphatic rings. The number of rotatable bonds is 4. The fourth-order valence-electron chi connectivity index (χ4n) is 3.79. The van der Waals surface area contributed by atoms with E-state index in [1.165, 1.54) is 36.8 Å². The first-order valence-corrected chi connectivity index (χ1v) is 11.0. The molecule has 4 rings (SSSR count). The minimum absolute atomic E-state index is 0.0126. The summed E-state index contributed by atoms with van der Waals surface area (Å²) in [5.41, 5.74) is -7.39. The second-order valence-electron chi connectivity index (χ2n) is 7.89. The molecule has 1 amide bonds. The van der Waals surface area contributed by atoms with Crippen LogP contribution in [0.1, 0.15) is 24.2 Å². The molecule has 0 saturated carbocycles. The van der Waals surface area contributed by atoms with Gasteiger partial charge in [0.15, 0.2) is 6.10 Å². The van der Waals surface area contributed by atoms with Crippen LogP contribution in [0.15, 0.2) is 24.4 Å². The summed E-state index contributed by atoms with van der Waals surface area (Å²) in [6, 6.07) is 3.41. The number of carbonyl (C=O) groups is 1. The molecule has 0 spiro atoms. The molecule has 2 N–H and O–H groups in total. The number of nitrogens with zero attached hydrogens (tertiary/aromatic N) is 4. The SMILES string of the molecule is C[C@H]1CN(c2cc(C(F)(F)P)cc(-c3ccnc4c3[C@H](C(F)(F)P)OC(=O)N4)n2)CCN1O. The molecule has 1 fully saturated rings. The van der Waals surface area contributed by atoms with Gasteiger partial charge in [-0.1, -0.05) is 18.5 Å². The quantitative estimate of drug-likeness (QED) is 0.479. The molecule has 2 aromatic heterocycles. The highest BCUT2D eigenvalue weighted by Gasteiger charge is 2.45. The van der Waals surface area contributed by atoms with Gasteiger partial charge in [0.25, 0.3) is 11.3 Å². The lowest BCUT2D eigenvalue weighted by atomic mass is 9.98. The number of carbonyl (C=O) groups excluding carboxylic acids is 1. The molecule has 0 radical (unpaired) electrons. The van der Waals surface area contributed by atoms with Gasteiger partial charge < -0.3 is 14.8 Å². The van der Waals surface area contributed by atoms with Crippen LogP contribution in [0, 0.1) is 0 Å². The van der Waals surface area contributed by atoms with E-state index in [-0.39, 0.29) is 41.0 Å². The number of hydrogen-bond acceptors (Lipinski definition) is 7. The normalized spacial score (nSPS) is 21.9.